The molecule has 72 valence electrons. The Labute approximate surface area is 90.0 Å². The molecule has 0 bridgehead atoms. The van der Waals surface area contributed by atoms with Crippen molar-refractivity contribution in [3.8, 4) is 0 Å². The molecule has 0 aliphatic carbocycles. The van der Waals surface area contributed by atoms with Crippen molar-refractivity contribution >= 4 is 32.7 Å². The second-order valence-corrected chi connectivity index (χ2v) is 4.50. The fourth-order valence-corrected chi connectivity index (χ4v) is 2.38. The first kappa shape index (κ1) is 8.29. The highest BCUT2D eigenvalue weighted by atomic mass is 79.9. The van der Waals surface area contributed by atoms with Crippen molar-refractivity contribution < 1.29 is 0 Å². The lowest BCUT2D eigenvalue weighted by Crippen LogP contribution is -1.93. The molecule has 4 heteroatoms. The van der Waals surface area contributed by atoms with E-state index in [1.165, 1.54) is 17.8 Å². The van der Waals surface area contributed by atoms with Crippen LogP contribution in [0, 0.1) is 0 Å². The van der Waals surface area contributed by atoms with E-state index in [0.29, 0.717) is 0 Å². The van der Waals surface area contributed by atoms with Gasteiger partial charge in [0.1, 0.15) is 5.82 Å². The Balaban J connectivity index is 2.39. The normalized spacial score (nSPS) is 14.9. The molecule has 0 saturated carbocycles. The lowest BCUT2D eigenvalue weighted by Gasteiger charge is -2.01. The third-order valence-corrected chi connectivity index (χ3v) is 3.41. The molecule has 14 heavy (non-hydrogen) atoms. The van der Waals surface area contributed by atoms with Gasteiger partial charge in [0, 0.05) is 23.1 Å². The molecule has 0 atom stereocenters. The predicted molar refractivity (Wildman–Crippen MR) is 60.2 cm³/mol. The van der Waals surface area contributed by atoms with E-state index in [2.05, 4.69) is 25.5 Å². The molecule has 3 rings (SSSR count). The van der Waals surface area contributed by atoms with Gasteiger partial charge in [-0.05, 0) is 34.5 Å². The van der Waals surface area contributed by atoms with Gasteiger partial charge in [0.25, 0.3) is 0 Å². The fourth-order valence-electron chi connectivity index (χ4n) is 2.05. The minimum Gasteiger partial charge on any atom is -0.398 e. The van der Waals surface area contributed by atoms with E-state index in [0.717, 1.165) is 28.6 Å². The topological polar surface area (TPSA) is 43.8 Å². The number of aryl methyl sites for hydroxylation is 2. The van der Waals surface area contributed by atoms with Gasteiger partial charge in [-0.2, -0.15) is 0 Å². The summed E-state index contributed by atoms with van der Waals surface area (Å²) in [4.78, 5) is 4.57. The summed E-state index contributed by atoms with van der Waals surface area (Å²) < 4.78 is 3.19. The zero-order valence-electron chi connectivity index (χ0n) is 7.63. The smallest absolute Gasteiger partial charge is 0.109 e. The molecule has 0 saturated heterocycles. The Morgan fingerprint density at radius 2 is 2.29 bits per heavy atom. The van der Waals surface area contributed by atoms with Crippen molar-refractivity contribution in [2.75, 3.05) is 5.73 Å². The average Bonchev–Trinajstić information content (AvgIpc) is 2.68. The van der Waals surface area contributed by atoms with E-state index in [-0.39, 0.29) is 0 Å². The summed E-state index contributed by atoms with van der Waals surface area (Å²) in [5.74, 6) is 1.19. The van der Waals surface area contributed by atoms with Crippen LogP contribution in [0.4, 0.5) is 5.69 Å². The first-order valence-corrected chi connectivity index (χ1v) is 5.49. The predicted octanol–water partition coefficient (Wildman–Crippen LogP) is 2.33. The molecule has 1 aliphatic rings. The molecule has 0 amide bonds. The number of nitrogens with two attached hydrogens (primary N) is 1. The van der Waals surface area contributed by atoms with E-state index in [1.807, 2.05) is 12.1 Å². The van der Waals surface area contributed by atoms with Crippen LogP contribution in [0.2, 0.25) is 0 Å². The third-order valence-electron chi connectivity index (χ3n) is 2.73. The van der Waals surface area contributed by atoms with Gasteiger partial charge in [-0.25, -0.2) is 4.98 Å². The Kier molecular flexibility index (Phi) is 1.62. The van der Waals surface area contributed by atoms with Gasteiger partial charge in [-0.3, -0.25) is 0 Å². The molecule has 2 heterocycles. The van der Waals surface area contributed by atoms with Gasteiger partial charge < -0.3 is 10.3 Å². The maximum atomic E-state index is 5.85. The lowest BCUT2D eigenvalue weighted by molar-refractivity contribution is 0.771. The summed E-state index contributed by atoms with van der Waals surface area (Å²) in [6.07, 6.45) is 2.29. The maximum Gasteiger partial charge on any atom is 0.109 e. The lowest BCUT2D eigenvalue weighted by atomic mass is 10.3. The highest BCUT2D eigenvalue weighted by Crippen LogP contribution is 2.29. The van der Waals surface area contributed by atoms with Crippen LogP contribution in [0.5, 0.6) is 0 Å². The Morgan fingerprint density at radius 1 is 1.43 bits per heavy atom. The second-order valence-electron chi connectivity index (χ2n) is 3.65. The number of anilines is 1. The number of hydrogen-bond donors (Lipinski definition) is 1. The number of fused-ring (bicyclic) bond motifs is 3. The van der Waals surface area contributed by atoms with Crippen LogP contribution in [0.15, 0.2) is 16.6 Å². The van der Waals surface area contributed by atoms with Crippen LogP contribution in [0.25, 0.3) is 11.0 Å². The van der Waals surface area contributed by atoms with E-state index in [9.17, 15) is 0 Å². The number of nitrogen functional groups attached to an aromatic ring is 1. The highest BCUT2D eigenvalue weighted by Gasteiger charge is 2.16. The molecule has 0 fully saturated rings. The zero-order valence-corrected chi connectivity index (χ0v) is 9.21. The molecule has 0 radical (unpaired) electrons. The van der Waals surface area contributed by atoms with Crippen LogP contribution >= 0.6 is 15.9 Å². The van der Waals surface area contributed by atoms with E-state index in [1.54, 1.807) is 0 Å². The van der Waals surface area contributed by atoms with E-state index in [4.69, 9.17) is 5.73 Å². The standard InChI is InChI=1S/C10H10BrN3/c11-6-4-8-9(5-7(6)12)14-3-1-2-10(14)13-8/h4-5H,1-3,12H2. The molecule has 3 nitrogen and oxygen atoms in total. The molecule has 1 aromatic heterocycles. The Bertz CT molecular complexity index is 516. The molecule has 0 spiro atoms. The summed E-state index contributed by atoms with van der Waals surface area (Å²) in [6.45, 7) is 1.08. The summed E-state index contributed by atoms with van der Waals surface area (Å²) in [5.41, 5.74) is 8.84. The van der Waals surface area contributed by atoms with Crippen molar-refractivity contribution in [1.29, 1.82) is 0 Å². The summed E-state index contributed by atoms with van der Waals surface area (Å²) >= 11 is 3.42. The number of nitrogens with zero attached hydrogens (tertiary/aromatic N) is 2. The Morgan fingerprint density at radius 3 is 3.14 bits per heavy atom. The van der Waals surface area contributed by atoms with Gasteiger partial charge >= 0.3 is 0 Å². The van der Waals surface area contributed by atoms with Crippen molar-refractivity contribution in [3.63, 3.8) is 0 Å². The fraction of sp³-hybridized carbons (Fsp3) is 0.300. The first-order chi connectivity index (χ1) is 6.75. The van der Waals surface area contributed by atoms with Gasteiger partial charge in [0.15, 0.2) is 0 Å². The summed E-state index contributed by atoms with van der Waals surface area (Å²) in [7, 11) is 0. The Hall–Kier alpha value is -1.03. The quantitative estimate of drug-likeness (QED) is 0.731. The van der Waals surface area contributed by atoms with Gasteiger partial charge in [0.2, 0.25) is 0 Å². The van der Waals surface area contributed by atoms with Crippen LogP contribution in [-0.2, 0) is 13.0 Å². The SMILES string of the molecule is Nc1cc2c(cc1Br)nc1n2CCC1. The highest BCUT2D eigenvalue weighted by molar-refractivity contribution is 9.10. The van der Waals surface area contributed by atoms with E-state index >= 15 is 0 Å². The van der Waals surface area contributed by atoms with Crippen molar-refractivity contribution in [2.24, 2.45) is 0 Å². The monoisotopic (exact) mass is 251 g/mol. The number of aromatic nitrogens is 2. The average molecular weight is 252 g/mol. The number of imidazole rings is 1. The number of halogens is 1. The van der Waals surface area contributed by atoms with Crippen molar-refractivity contribution in [2.45, 2.75) is 19.4 Å². The molecule has 0 unspecified atom stereocenters. The molecule has 2 aromatic rings. The molecule has 1 aliphatic heterocycles. The van der Waals surface area contributed by atoms with Crippen molar-refractivity contribution in [3.05, 3.63) is 22.4 Å². The molecular formula is C10H10BrN3. The van der Waals surface area contributed by atoms with Crippen LogP contribution in [0.1, 0.15) is 12.2 Å². The number of rotatable bonds is 0. The van der Waals surface area contributed by atoms with Crippen molar-refractivity contribution in [1.82, 2.24) is 9.55 Å². The second kappa shape index (κ2) is 2.73. The van der Waals surface area contributed by atoms with Gasteiger partial charge in [0.05, 0.1) is 11.0 Å². The number of hydrogen-bond acceptors (Lipinski definition) is 2. The van der Waals surface area contributed by atoms with Gasteiger partial charge in [-0.15, -0.1) is 0 Å². The minimum absolute atomic E-state index is 0.784. The first-order valence-electron chi connectivity index (χ1n) is 4.70. The van der Waals surface area contributed by atoms with Crippen LogP contribution in [0.3, 0.4) is 0 Å². The maximum absolute atomic E-state index is 5.85. The van der Waals surface area contributed by atoms with Crippen LogP contribution in [-0.4, -0.2) is 9.55 Å². The number of benzene rings is 1. The zero-order chi connectivity index (χ0) is 9.71. The summed E-state index contributed by atoms with van der Waals surface area (Å²) in [6, 6.07) is 4.00. The van der Waals surface area contributed by atoms with Gasteiger partial charge in [-0.1, -0.05) is 0 Å². The minimum atomic E-state index is 0.784. The molecule has 2 N–H and O–H groups in total. The largest absolute Gasteiger partial charge is 0.398 e. The van der Waals surface area contributed by atoms with E-state index < -0.39 is 0 Å². The summed E-state index contributed by atoms with van der Waals surface area (Å²) in [5, 5.41) is 0. The molecule has 1 aromatic carbocycles. The third kappa shape index (κ3) is 1.00. The molecular weight excluding hydrogens is 242 g/mol. The van der Waals surface area contributed by atoms with Crippen LogP contribution < -0.4 is 5.73 Å².